The van der Waals surface area contributed by atoms with Gasteiger partial charge in [0.1, 0.15) is 17.3 Å². The maximum Gasteiger partial charge on any atom is 0.251 e. The Morgan fingerprint density at radius 1 is 1.03 bits per heavy atom. The lowest BCUT2D eigenvalue weighted by Crippen LogP contribution is -2.33. The van der Waals surface area contributed by atoms with Gasteiger partial charge < -0.3 is 20.1 Å². The van der Waals surface area contributed by atoms with Crippen molar-refractivity contribution in [2.75, 3.05) is 26.1 Å². The van der Waals surface area contributed by atoms with Crippen LogP contribution >= 0.6 is 11.5 Å². The molecular formula is C22H26N4O3S. The van der Waals surface area contributed by atoms with Crippen LogP contribution in [0.25, 0.3) is 0 Å². The van der Waals surface area contributed by atoms with E-state index in [1.807, 2.05) is 31.2 Å². The summed E-state index contributed by atoms with van der Waals surface area (Å²) in [6.07, 6.45) is 1.45. The molecule has 2 aromatic carbocycles. The van der Waals surface area contributed by atoms with E-state index >= 15 is 0 Å². The normalized spacial score (nSPS) is 11.6. The number of aromatic nitrogens is 2. The Morgan fingerprint density at radius 2 is 1.67 bits per heavy atom. The second-order valence-electron chi connectivity index (χ2n) is 6.86. The number of methoxy groups -OCH3 is 2. The summed E-state index contributed by atoms with van der Waals surface area (Å²) in [6.45, 7) is 2.68. The Hall–Kier alpha value is -3.13. The fourth-order valence-electron chi connectivity index (χ4n) is 2.84. The molecule has 2 N–H and O–H groups in total. The maximum atomic E-state index is 12.3. The van der Waals surface area contributed by atoms with E-state index in [0.717, 1.165) is 34.4 Å². The summed E-state index contributed by atoms with van der Waals surface area (Å²) in [4.78, 5) is 16.8. The number of hydrogen-bond donors (Lipinski definition) is 2. The van der Waals surface area contributed by atoms with Gasteiger partial charge in [-0.2, -0.15) is 4.37 Å². The number of benzene rings is 2. The van der Waals surface area contributed by atoms with Crippen molar-refractivity contribution in [1.82, 2.24) is 14.7 Å². The van der Waals surface area contributed by atoms with Gasteiger partial charge in [0, 0.05) is 36.1 Å². The van der Waals surface area contributed by atoms with Crippen LogP contribution in [0.4, 0.5) is 5.13 Å². The minimum absolute atomic E-state index is 0.0267. The van der Waals surface area contributed by atoms with Gasteiger partial charge in [0.2, 0.25) is 5.13 Å². The number of hydrogen-bond acceptors (Lipinski definition) is 7. The third kappa shape index (κ3) is 6.18. The molecular weight excluding hydrogens is 400 g/mol. The molecule has 8 heteroatoms. The van der Waals surface area contributed by atoms with Gasteiger partial charge in [-0.05, 0) is 55.3 Å². The Morgan fingerprint density at radius 3 is 2.30 bits per heavy atom. The SMILES string of the molecule is COc1ccc(Cc2nsc(NCCC(C)NC(=O)c3ccc(OC)cc3)n2)cc1. The summed E-state index contributed by atoms with van der Waals surface area (Å²) >= 11 is 1.35. The zero-order valence-electron chi connectivity index (χ0n) is 17.3. The van der Waals surface area contributed by atoms with Crippen molar-refractivity contribution in [2.45, 2.75) is 25.8 Å². The van der Waals surface area contributed by atoms with Crippen molar-refractivity contribution in [1.29, 1.82) is 0 Å². The molecule has 1 atom stereocenters. The van der Waals surface area contributed by atoms with Crippen molar-refractivity contribution in [3.05, 3.63) is 65.5 Å². The average Bonchev–Trinajstić information content (AvgIpc) is 3.21. The Labute approximate surface area is 180 Å². The Kier molecular flexibility index (Phi) is 7.62. The largest absolute Gasteiger partial charge is 0.497 e. The molecule has 0 aliphatic rings. The van der Waals surface area contributed by atoms with E-state index in [4.69, 9.17) is 9.47 Å². The number of ether oxygens (including phenoxy) is 2. The first kappa shape index (κ1) is 21.6. The summed E-state index contributed by atoms with van der Waals surface area (Å²) in [5.74, 6) is 2.25. The number of carbonyl (C=O) groups is 1. The minimum Gasteiger partial charge on any atom is -0.497 e. The summed E-state index contributed by atoms with van der Waals surface area (Å²) in [7, 11) is 3.25. The van der Waals surface area contributed by atoms with Crippen LogP contribution in [-0.4, -0.2) is 42.1 Å². The van der Waals surface area contributed by atoms with Crippen molar-refractivity contribution >= 4 is 22.6 Å². The number of anilines is 1. The molecule has 1 unspecified atom stereocenters. The number of nitrogens with one attached hydrogen (secondary N) is 2. The van der Waals surface area contributed by atoms with E-state index in [0.29, 0.717) is 18.5 Å². The molecule has 0 aliphatic carbocycles. The maximum absolute atomic E-state index is 12.3. The highest BCUT2D eigenvalue weighted by molar-refractivity contribution is 7.09. The number of rotatable bonds is 10. The molecule has 1 heterocycles. The molecule has 0 radical (unpaired) electrons. The van der Waals surface area contributed by atoms with Crippen LogP contribution in [0.15, 0.2) is 48.5 Å². The number of nitrogens with zero attached hydrogens (tertiary/aromatic N) is 2. The first-order chi connectivity index (χ1) is 14.6. The van der Waals surface area contributed by atoms with Crippen molar-refractivity contribution in [3.63, 3.8) is 0 Å². The molecule has 7 nitrogen and oxygen atoms in total. The van der Waals surface area contributed by atoms with Crippen LogP contribution in [0.3, 0.4) is 0 Å². The van der Waals surface area contributed by atoms with Crippen LogP contribution in [0.1, 0.15) is 35.1 Å². The molecule has 158 valence electrons. The fraction of sp³-hybridized carbons (Fsp3) is 0.318. The van der Waals surface area contributed by atoms with Crippen molar-refractivity contribution < 1.29 is 14.3 Å². The molecule has 3 rings (SSSR count). The minimum atomic E-state index is -0.0946. The smallest absolute Gasteiger partial charge is 0.251 e. The van der Waals surface area contributed by atoms with Crippen molar-refractivity contribution in [2.24, 2.45) is 0 Å². The number of carbonyl (C=O) groups excluding carboxylic acids is 1. The van der Waals surface area contributed by atoms with Crippen molar-refractivity contribution in [3.8, 4) is 11.5 Å². The number of amides is 1. The molecule has 0 spiro atoms. The van der Waals surface area contributed by atoms with Gasteiger partial charge in [-0.1, -0.05) is 12.1 Å². The molecule has 0 saturated carbocycles. The van der Waals surface area contributed by atoms with E-state index in [1.54, 1.807) is 38.5 Å². The van der Waals surface area contributed by atoms with Gasteiger partial charge in [-0.15, -0.1) is 0 Å². The highest BCUT2D eigenvalue weighted by atomic mass is 32.1. The monoisotopic (exact) mass is 426 g/mol. The molecule has 30 heavy (non-hydrogen) atoms. The highest BCUT2D eigenvalue weighted by Crippen LogP contribution is 2.17. The third-order valence-electron chi connectivity index (χ3n) is 4.57. The highest BCUT2D eigenvalue weighted by Gasteiger charge is 2.11. The first-order valence-electron chi connectivity index (χ1n) is 9.71. The molecule has 1 aromatic heterocycles. The Balaban J connectivity index is 1.41. The van der Waals surface area contributed by atoms with Crippen LogP contribution < -0.4 is 20.1 Å². The van der Waals surface area contributed by atoms with E-state index in [2.05, 4.69) is 20.0 Å². The fourth-order valence-corrected chi connectivity index (χ4v) is 3.45. The van der Waals surface area contributed by atoms with Crippen LogP contribution in [0.5, 0.6) is 11.5 Å². The van der Waals surface area contributed by atoms with Crippen LogP contribution in [-0.2, 0) is 6.42 Å². The lowest BCUT2D eigenvalue weighted by atomic mass is 10.1. The zero-order chi connectivity index (χ0) is 21.3. The molecule has 0 fully saturated rings. The van der Waals surface area contributed by atoms with E-state index < -0.39 is 0 Å². The second-order valence-corrected chi connectivity index (χ2v) is 7.61. The van der Waals surface area contributed by atoms with E-state index in [-0.39, 0.29) is 11.9 Å². The van der Waals surface area contributed by atoms with Gasteiger partial charge in [0.25, 0.3) is 5.91 Å². The average molecular weight is 427 g/mol. The molecule has 0 aliphatic heterocycles. The predicted octanol–water partition coefficient (Wildman–Crippen LogP) is 3.77. The van der Waals surface area contributed by atoms with E-state index in [9.17, 15) is 4.79 Å². The Bertz CT molecular complexity index is 942. The van der Waals surface area contributed by atoms with Gasteiger partial charge in [0.05, 0.1) is 14.2 Å². The molecule has 0 bridgehead atoms. The molecule has 1 amide bonds. The third-order valence-corrected chi connectivity index (χ3v) is 5.28. The lowest BCUT2D eigenvalue weighted by molar-refractivity contribution is 0.0939. The topological polar surface area (TPSA) is 85.4 Å². The van der Waals surface area contributed by atoms with Gasteiger partial charge in [-0.3, -0.25) is 4.79 Å². The second kappa shape index (κ2) is 10.6. The summed E-state index contributed by atoms with van der Waals surface area (Å²) in [6, 6.07) is 15.0. The first-order valence-corrected chi connectivity index (χ1v) is 10.5. The quantitative estimate of drug-likeness (QED) is 0.513. The summed E-state index contributed by atoms with van der Waals surface area (Å²) < 4.78 is 14.7. The van der Waals surface area contributed by atoms with Gasteiger partial charge in [-0.25, -0.2) is 4.98 Å². The van der Waals surface area contributed by atoms with Gasteiger partial charge >= 0.3 is 0 Å². The van der Waals surface area contributed by atoms with E-state index in [1.165, 1.54) is 11.5 Å². The lowest BCUT2D eigenvalue weighted by Gasteiger charge is -2.14. The van der Waals surface area contributed by atoms with Gasteiger partial charge in [0.15, 0.2) is 0 Å². The van der Waals surface area contributed by atoms with Crippen LogP contribution in [0.2, 0.25) is 0 Å². The zero-order valence-corrected chi connectivity index (χ0v) is 18.2. The standard InChI is InChI=1S/C22H26N4O3S/c1-15(24-21(27)17-6-10-19(29-3)11-7-17)12-13-23-22-25-20(26-30-22)14-16-4-8-18(28-2)9-5-16/h4-11,15H,12-14H2,1-3H3,(H,24,27)(H,23,25,26). The summed E-state index contributed by atoms with van der Waals surface area (Å²) in [5, 5.41) is 7.07. The predicted molar refractivity (Wildman–Crippen MR) is 119 cm³/mol. The molecule has 3 aromatic rings. The molecule has 0 saturated heterocycles. The summed E-state index contributed by atoms with van der Waals surface area (Å²) in [5.41, 5.74) is 1.75. The van der Waals surface area contributed by atoms with Crippen LogP contribution in [0, 0.1) is 0 Å².